The van der Waals surface area contributed by atoms with Crippen molar-refractivity contribution in [1.29, 1.82) is 0 Å². The van der Waals surface area contributed by atoms with Gasteiger partial charge in [-0.25, -0.2) is 9.18 Å². The maximum atomic E-state index is 14.0. The number of rotatable bonds is 4. The Hall–Kier alpha value is -2.89. The molecule has 2 aromatic rings. The third-order valence-electron chi connectivity index (χ3n) is 7.16. The molecule has 6 heteroatoms. The molecule has 36 heavy (non-hydrogen) atoms. The molecule has 0 aromatic heterocycles. The minimum absolute atomic E-state index is 0.0213. The fraction of sp³-hybridized carbons (Fsp3) is 0.533. The molecule has 0 bridgehead atoms. The number of carbonyl (C=O) groups excluding carboxylic acids is 2. The van der Waals surface area contributed by atoms with Crippen molar-refractivity contribution >= 4 is 12.0 Å². The van der Waals surface area contributed by atoms with Gasteiger partial charge in [-0.05, 0) is 90.6 Å². The molecule has 0 radical (unpaired) electrons. The van der Waals surface area contributed by atoms with E-state index in [1.54, 1.807) is 11.0 Å². The molecule has 5 nitrogen and oxygen atoms in total. The number of amides is 2. The van der Waals surface area contributed by atoms with Crippen LogP contribution in [-0.4, -0.2) is 53.6 Å². The second-order valence-electron chi connectivity index (χ2n) is 11.8. The predicted octanol–water partition coefficient (Wildman–Crippen LogP) is 6.28. The highest BCUT2D eigenvalue weighted by molar-refractivity contribution is 5.87. The quantitative estimate of drug-likeness (QED) is 0.501. The average molecular weight is 497 g/mol. The van der Waals surface area contributed by atoms with Gasteiger partial charge in [0, 0.05) is 32.1 Å². The Kier molecular flexibility index (Phi) is 7.87. The van der Waals surface area contributed by atoms with E-state index in [1.165, 1.54) is 12.1 Å². The summed E-state index contributed by atoms with van der Waals surface area (Å²) < 4.78 is 19.6. The van der Waals surface area contributed by atoms with Crippen LogP contribution in [0.1, 0.15) is 74.8 Å². The molecule has 1 fully saturated rings. The summed E-state index contributed by atoms with van der Waals surface area (Å²) in [5, 5.41) is 0. The van der Waals surface area contributed by atoms with E-state index in [9.17, 15) is 14.0 Å². The van der Waals surface area contributed by atoms with Crippen molar-refractivity contribution in [3.8, 4) is 0 Å². The van der Waals surface area contributed by atoms with Gasteiger partial charge >= 0.3 is 6.09 Å². The first-order valence-electron chi connectivity index (χ1n) is 12.7. The van der Waals surface area contributed by atoms with Gasteiger partial charge in [0.2, 0.25) is 5.91 Å². The molecular weight excluding hydrogens is 455 g/mol. The van der Waals surface area contributed by atoms with Crippen LogP contribution in [0.5, 0.6) is 0 Å². The molecule has 1 aliphatic heterocycles. The Balaban J connectivity index is 1.95. The molecule has 1 heterocycles. The van der Waals surface area contributed by atoms with Gasteiger partial charge < -0.3 is 14.5 Å². The van der Waals surface area contributed by atoms with Gasteiger partial charge in [0.05, 0.1) is 5.41 Å². The van der Waals surface area contributed by atoms with Crippen LogP contribution in [0.15, 0.2) is 36.4 Å². The summed E-state index contributed by atoms with van der Waals surface area (Å²) >= 11 is 0. The van der Waals surface area contributed by atoms with Gasteiger partial charge in [-0.1, -0.05) is 35.4 Å². The number of benzene rings is 2. The maximum Gasteiger partial charge on any atom is 0.410 e. The Morgan fingerprint density at radius 3 is 2.17 bits per heavy atom. The number of carbonyl (C=O) groups is 2. The Morgan fingerprint density at radius 2 is 1.61 bits per heavy atom. The highest BCUT2D eigenvalue weighted by Crippen LogP contribution is 2.36. The highest BCUT2D eigenvalue weighted by atomic mass is 19.1. The predicted molar refractivity (Wildman–Crippen MR) is 142 cm³/mol. The lowest BCUT2D eigenvalue weighted by atomic mass is 9.79. The molecule has 2 aromatic carbocycles. The van der Waals surface area contributed by atoms with Crippen molar-refractivity contribution in [3.05, 3.63) is 70.0 Å². The van der Waals surface area contributed by atoms with E-state index in [0.29, 0.717) is 19.5 Å². The summed E-state index contributed by atoms with van der Waals surface area (Å²) in [6.07, 6.45) is 0.238. The Bertz CT molecular complexity index is 1120. The largest absolute Gasteiger partial charge is 0.444 e. The number of halogens is 1. The lowest BCUT2D eigenvalue weighted by Gasteiger charge is -2.45. The van der Waals surface area contributed by atoms with Gasteiger partial charge in [-0.15, -0.1) is 0 Å². The van der Waals surface area contributed by atoms with E-state index in [1.807, 2.05) is 67.3 Å². The van der Waals surface area contributed by atoms with E-state index < -0.39 is 11.0 Å². The standard InChI is InChI=1S/C30H41FN2O3/c1-19-14-20(2)16-22(15-19)30(7,8)27(34)32(9)26-12-13-33(28(35)36-29(4,5)6)18-25(26)24-11-10-23(31)17-21(24)3/h10-11,14-17,25-26H,12-13,18H2,1-9H3/t25-,26+/m0/s1. The molecule has 0 unspecified atom stereocenters. The molecule has 2 atom stereocenters. The summed E-state index contributed by atoms with van der Waals surface area (Å²) in [6, 6.07) is 10.9. The average Bonchev–Trinajstić information content (AvgIpc) is 2.76. The van der Waals surface area contributed by atoms with Crippen molar-refractivity contribution in [2.75, 3.05) is 20.1 Å². The van der Waals surface area contributed by atoms with Crippen molar-refractivity contribution in [1.82, 2.24) is 9.80 Å². The summed E-state index contributed by atoms with van der Waals surface area (Å²) in [5.41, 5.74) is 3.66. The first kappa shape index (κ1) is 27.7. The van der Waals surface area contributed by atoms with E-state index in [-0.39, 0.29) is 29.8 Å². The number of aryl methyl sites for hydroxylation is 3. The Morgan fingerprint density at radius 1 is 1.00 bits per heavy atom. The lowest BCUT2D eigenvalue weighted by molar-refractivity contribution is -0.138. The molecule has 196 valence electrons. The minimum Gasteiger partial charge on any atom is -0.444 e. The maximum absolute atomic E-state index is 14.0. The zero-order valence-electron chi connectivity index (χ0n) is 23.2. The number of nitrogens with zero attached hydrogens (tertiary/aromatic N) is 2. The van der Waals surface area contributed by atoms with Crippen molar-refractivity contribution in [2.24, 2.45) is 0 Å². The third-order valence-corrected chi connectivity index (χ3v) is 7.16. The van der Waals surface area contributed by atoms with Crippen molar-refractivity contribution in [3.63, 3.8) is 0 Å². The monoisotopic (exact) mass is 496 g/mol. The van der Waals surface area contributed by atoms with Crippen LogP contribution in [0, 0.1) is 26.6 Å². The van der Waals surface area contributed by atoms with Crippen LogP contribution in [0.2, 0.25) is 0 Å². The third kappa shape index (κ3) is 6.08. The highest BCUT2D eigenvalue weighted by Gasteiger charge is 2.42. The Labute approximate surface area is 215 Å². The van der Waals surface area contributed by atoms with Gasteiger partial charge in [0.15, 0.2) is 0 Å². The van der Waals surface area contributed by atoms with Gasteiger partial charge in [-0.3, -0.25) is 4.79 Å². The van der Waals surface area contributed by atoms with Crippen LogP contribution in [0.4, 0.5) is 9.18 Å². The van der Waals surface area contributed by atoms with E-state index in [4.69, 9.17) is 4.74 Å². The van der Waals surface area contributed by atoms with Crippen LogP contribution < -0.4 is 0 Å². The lowest BCUT2D eigenvalue weighted by Crippen LogP contribution is -2.55. The van der Waals surface area contributed by atoms with Crippen molar-refractivity contribution < 1.29 is 18.7 Å². The zero-order valence-corrected chi connectivity index (χ0v) is 23.2. The molecule has 2 amide bonds. The van der Waals surface area contributed by atoms with E-state index >= 15 is 0 Å². The summed E-state index contributed by atoms with van der Waals surface area (Å²) in [7, 11) is 1.85. The van der Waals surface area contributed by atoms with Crippen LogP contribution in [0.3, 0.4) is 0 Å². The number of ether oxygens (including phenoxy) is 1. The number of likely N-dealkylation sites (tertiary alicyclic amines) is 1. The fourth-order valence-corrected chi connectivity index (χ4v) is 5.31. The van der Waals surface area contributed by atoms with Crippen LogP contribution in [-0.2, 0) is 14.9 Å². The number of hydrogen-bond donors (Lipinski definition) is 0. The van der Waals surface area contributed by atoms with Gasteiger partial charge in [-0.2, -0.15) is 0 Å². The topological polar surface area (TPSA) is 49.9 Å². The molecule has 0 saturated carbocycles. The van der Waals surface area contributed by atoms with Crippen LogP contribution >= 0.6 is 0 Å². The molecule has 3 rings (SSSR count). The second kappa shape index (κ2) is 10.2. The van der Waals surface area contributed by atoms with E-state index in [0.717, 1.165) is 27.8 Å². The summed E-state index contributed by atoms with van der Waals surface area (Å²) in [4.78, 5) is 30.4. The number of hydrogen-bond acceptors (Lipinski definition) is 3. The summed E-state index contributed by atoms with van der Waals surface area (Å²) in [5.74, 6) is -0.447. The number of likely N-dealkylation sites (N-methyl/N-ethyl adjacent to an activating group) is 1. The van der Waals surface area contributed by atoms with Crippen LogP contribution in [0.25, 0.3) is 0 Å². The SMILES string of the molecule is Cc1cc(C)cc(C(C)(C)C(=O)N(C)[C@@H]2CCN(C(=O)OC(C)(C)C)C[C@H]2c2ccc(F)cc2C)c1. The van der Waals surface area contributed by atoms with Crippen molar-refractivity contribution in [2.45, 2.75) is 84.8 Å². The molecule has 0 spiro atoms. The molecule has 1 saturated heterocycles. The summed E-state index contributed by atoms with van der Waals surface area (Å²) in [6.45, 7) is 16.3. The second-order valence-corrected chi connectivity index (χ2v) is 11.8. The first-order chi connectivity index (χ1) is 16.6. The smallest absolute Gasteiger partial charge is 0.410 e. The zero-order chi connectivity index (χ0) is 27.0. The molecule has 0 aliphatic carbocycles. The van der Waals surface area contributed by atoms with E-state index in [2.05, 4.69) is 18.2 Å². The first-order valence-corrected chi connectivity index (χ1v) is 12.7. The van der Waals surface area contributed by atoms with Gasteiger partial charge in [0.25, 0.3) is 0 Å². The molecule has 1 aliphatic rings. The molecule has 0 N–H and O–H groups in total. The minimum atomic E-state index is -0.726. The van der Waals surface area contributed by atoms with Gasteiger partial charge in [0.1, 0.15) is 11.4 Å². The fourth-order valence-electron chi connectivity index (χ4n) is 5.31. The normalized spacial score (nSPS) is 18.7. The molecular formula is C30H41FN2O3. The number of piperidine rings is 1.